The Bertz CT molecular complexity index is 560. The third-order valence-corrected chi connectivity index (χ3v) is 5.95. The van der Waals surface area contributed by atoms with Crippen LogP contribution in [0.4, 0.5) is 0 Å². The summed E-state index contributed by atoms with van der Waals surface area (Å²) in [5.41, 5.74) is 0.828. The van der Waals surface area contributed by atoms with E-state index in [4.69, 9.17) is 11.6 Å². The summed E-state index contributed by atoms with van der Waals surface area (Å²) >= 11 is 5.78. The van der Waals surface area contributed by atoms with Crippen LogP contribution in [0.3, 0.4) is 0 Å². The van der Waals surface area contributed by atoms with Crippen molar-refractivity contribution >= 4 is 21.6 Å². The zero-order valence-electron chi connectivity index (χ0n) is 11.9. The maximum atomic E-state index is 12.7. The van der Waals surface area contributed by atoms with Crippen LogP contribution in [-0.4, -0.2) is 50.8 Å². The third-order valence-electron chi connectivity index (χ3n) is 3.78. The van der Waals surface area contributed by atoms with Gasteiger partial charge in [-0.2, -0.15) is 4.31 Å². The summed E-state index contributed by atoms with van der Waals surface area (Å²) in [5.74, 6) is 0.323. The fourth-order valence-corrected chi connectivity index (χ4v) is 4.25. The van der Waals surface area contributed by atoms with Crippen molar-refractivity contribution in [3.05, 3.63) is 29.8 Å². The Kier molecular flexibility index (Phi) is 5.07. The van der Waals surface area contributed by atoms with Gasteiger partial charge in [-0.15, -0.1) is 11.6 Å². The molecule has 0 N–H and O–H groups in total. The van der Waals surface area contributed by atoms with Crippen molar-refractivity contribution in [3.63, 3.8) is 0 Å². The Morgan fingerprint density at radius 3 is 2.80 bits per heavy atom. The minimum absolute atomic E-state index is 0.287. The molecule has 1 aromatic rings. The summed E-state index contributed by atoms with van der Waals surface area (Å²) in [6, 6.07) is 7.18. The van der Waals surface area contributed by atoms with E-state index < -0.39 is 10.0 Å². The van der Waals surface area contributed by atoms with Gasteiger partial charge >= 0.3 is 0 Å². The van der Waals surface area contributed by atoms with Crippen LogP contribution in [0.5, 0.6) is 0 Å². The molecule has 20 heavy (non-hydrogen) atoms. The van der Waals surface area contributed by atoms with Crippen LogP contribution in [0.1, 0.15) is 18.4 Å². The number of alkyl halides is 1. The molecular formula is C14H21ClN2O2S. The summed E-state index contributed by atoms with van der Waals surface area (Å²) in [4.78, 5) is 2.44. The first-order chi connectivity index (χ1) is 9.45. The molecule has 6 heteroatoms. The molecule has 0 saturated carbocycles. The number of hydrogen-bond donors (Lipinski definition) is 0. The van der Waals surface area contributed by atoms with Gasteiger partial charge in [0.25, 0.3) is 0 Å². The van der Waals surface area contributed by atoms with E-state index in [0.29, 0.717) is 23.9 Å². The standard InChI is InChI=1S/C14H21ClN2O2S/c1-16(2)13-6-4-8-17(11-13)20(18,19)14-7-3-5-12(9-14)10-15/h3,5,7,9,13H,4,6,8,10-11H2,1-2H3. The highest BCUT2D eigenvalue weighted by Crippen LogP contribution is 2.23. The summed E-state index contributed by atoms with van der Waals surface area (Å²) in [6.07, 6.45) is 1.94. The predicted octanol–water partition coefficient (Wildman–Crippen LogP) is 2.14. The molecule has 4 nitrogen and oxygen atoms in total. The first-order valence-electron chi connectivity index (χ1n) is 6.76. The van der Waals surface area contributed by atoms with Crippen molar-refractivity contribution < 1.29 is 8.42 Å². The number of sulfonamides is 1. The molecule has 1 fully saturated rings. The van der Waals surface area contributed by atoms with Gasteiger partial charge in [-0.05, 0) is 44.6 Å². The second kappa shape index (κ2) is 6.43. The molecule has 0 amide bonds. The van der Waals surface area contributed by atoms with Gasteiger partial charge in [-0.1, -0.05) is 12.1 Å². The van der Waals surface area contributed by atoms with E-state index in [2.05, 4.69) is 4.90 Å². The molecule has 0 aromatic heterocycles. The lowest BCUT2D eigenvalue weighted by molar-refractivity contribution is 0.190. The second-order valence-corrected chi connectivity index (χ2v) is 7.61. The molecule has 1 unspecified atom stereocenters. The largest absolute Gasteiger partial charge is 0.305 e. The van der Waals surface area contributed by atoms with Crippen LogP contribution in [-0.2, 0) is 15.9 Å². The van der Waals surface area contributed by atoms with E-state index in [-0.39, 0.29) is 6.04 Å². The Morgan fingerprint density at radius 1 is 1.40 bits per heavy atom. The lowest BCUT2D eigenvalue weighted by Gasteiger charge is -2.35. The highest BCUT2D eigenvalue weighted by atomic mass is 35.5. The highest BCUT2D eigenvalue weighted by Gasteiger charge is 2.30. The summed E-state index contributed by atoms with van der Waals surface area (Å²) in [5, 5.41) is 0. The van der Waals surface area contributed by atoms with Gasteiger partial charge < -0.3 is 4.90 Å². The lowest BCUT2D eigenvalue weighted by Crippen LogP contribution is -2.47. The molecule has 1 aromatic carbocycles. The highest BCUT2D eigenvalue weighted by molar-refractivity contribution is 7.89. The molecule has 2 rings (SSSR count). The molecular weight excluding hydrogens is 296 g/mol. The third kappa shape index (κ3) is 3.34. The van der Waals surface area contributed by atoms with Gasteiger partial charge in [-0.25, -0.2) is 8.42 Å². The molecule has 1 atom stereocenters. The maximum absolute atomic E-state index is 12.7. The quantitative estimate of drug-likeness (QED) is 0.799. The van der Waals surface area contributed by atoms with Crippen LogP contribution in [0, 0.1) is 0 Å². The number of piperidine rings is 1. The van der Waals surface area contributed by atoms with Crippen LogP contribution in [0.25, 0.3) is 0 Å². The molecule has 1 saturated heterocycles. The van der Waals surface area contributed by atoms with E-state index in [9.17, 15) is 8.42 Å². The number of halogens is 1. The van der Waals surface area contributed by atoms with Crippen molar-refractivity contribution in [2.75, 3.05) is 27.2 Å². The van der Waals surface area contributed by atoms with Gasteiger partial charge in [-0.3, -0.25) is 0 Å². The molecule has 1 aliphatic heterocycles. The topological polar surface area (TPSA) is 40.6 Å². The lowest BCUT2D eigenvalue weighted by atomic mass is 10.1. The van der Waals surface area contributed by atoms with Crippen molar-refractivity contribution in [2.24, 2.45) is 0 Å². The first-order valence-corrected chi connectivity index (χ1v) is 8.74. The first kappa shape index (κ1) is 15.8. The summed E-state index contributed by atoms with van der Waals surface area (Å²) in [7, 11) is 0.577. The minimum atomic E-state index is -3.41. The fourth-order valence-electron chi connectivity index (χ4n) is 2.50. The minimum Gasteiger partial charge on any atom is -0.305 e. The smallest absolute Gasteiger partial charge is 0.243 e. The monoisotopic (exact) mass is 316 g/mol. The Hall–Kier alpha value is -0.620. The van der Waals surface area contributed by atoms with E-state index >= 15 is 0 Å². The van der Waals surface area contributed by atoms with Crippen LogP contribution < -0.4 is 0 Å². The average Bonchev–Trinajstić information content (AvgIpc) is 2.47. The van der Waals surface area contributed by atoms with Crippen molar-refractivity contribution in [1.82, 2.24) is 9.21 Å². The van der Waals surface area contributed by atoms with Gasteiger partial charge in [0, 0.05) is 25.0 Å². The Morgan fingerprint density at radius 2 is 2.15 bits per heavy atom. The molecule has 1 aliphatic rings. The maximum Gasteiger partial charge on any atom is 0.243 e. The van der Waals surface area contributed by atoms with E-state index in [1.807, 2.05) is 20.2 Å². The van der Waals surface area contributed by atoms with E-state index in [1.165, 1.54) is 0 Å². The number of nitrogens with zero attached hydrogens (tertiary/aromatic N) is 2. The van der Waals surface area contributed by atoms with Gasteiger partial charge in [0.15, 0.2) is 0 Å². The molecule has 1 heterocycles. The van der Waals surface area contributed by atoms with Gasteiger partial charge in [0.1, 0.15) is 0 Å². The molecule has 112 valence electrons. The zero-order chi connectivity index (χ0) is 14.8. The predicted molar refractivity (Wildman–Crippen MR) is 81.5 cm³/mol. The summed E-state index contributed by atoms with van der Waals surface area (Å²) < 4.78 is 27.0. The van der Waals surface area contributed by atoms with Crippen LogP contribution in [0.15, 0.2) is 29.2 Å². The number of rotatable bonds is 4. The second-order valence-electron chi connectivity index (χ2n) is 5.40. The van der Waals surface area contributed by atoms with Crippen molar-refractivity contribution in [2.45, 2.75) is 29.7 Å². The average molecular weight is 317 g/mol. The SMILES string of the molecule is CN(C)C1CCCN(S(=O)(=O)c2cccc(CCl)c2)C1. The molecule has 0 spiro atoms. The van der Waals surface area contributed by atoms with Crippen molar-refractivity contribution in [3.8, 4) is 0 Å². The molecule has 0 bridgehead atoms. The molecule has 0 radical (unpaired) electrons. The van der Waals surface area contributed by atoms with Crippen LogP contribution in [0.2, 0.25) is 0 Å². The van der Waals surface area contributed by atoms with E-state index in [1.54, 1.807) is 22.5 Å². The van der Waals surface area contributed by atoms with Gasteiger partial charge in [0.05, 0.1) is 4.90 Å². The number of benzene rings is 1. The Balaban J connectivity index is 2.25. The number of likely N-dealkylation sites (N-methyl/N-ethyl adjacent to an activating group) is 1. The summed E-state index contributed by atoms with van der Waals surface area (Å²) in [6.45, 7) is 1.15. The number of hydrogen-bond acceptors (Lipinski definition) is 3. The zero-order valence-corrected chi connectivity index (χ0v) is 13.5. The van der Waals surface area contributed by atoms with E-state index in [0.717, 1.165) is 18.4 Å². The molecule has 0 aliphatic carbocycles. The Labute approximate surface area is 126 Å². The van der Waals surface area contributed by atoms with Crippen LogP contribution >= 0.6 is 11.6 Å². The fraction of sp³-hybridized carbons (Fsp3) is 0.571. The van der Waals surface area contributed by atoms with Gasteiger partial charge in [0.2, 0.25) is 10.0 Å². The normalized spacial score (nSPS) is 21.3. The van der Waals surface area contributed by atoms with Crippen molar-refractivity contribution in [1.29, 1.82) is 0 Å².